The minimum Gasteiger partial charge on any atom is -0.492 e. The maximum atomic E-state index is 13.7. The fraction of sp³-hybridized carbons (Fsp3) is 0.432. The lowest BCUT2D eigenvalue weighted by atomic mass is 10.1. The number of nitrogens with two attached hydrogens (primary N) is 3. The Bertz CT molecular complexity index is 3720. The molecule has 0 saturated carbocycles. The van der Waals surface area contributed by atoms with Gasteiger partial charge in [0.25, 0.3) is 11.1 Å². The highest BCUT2D eigenvalue weighted by molar-refractivity contribution is 7.66. The maximum absolute atomic E-state index is 13.7. The largest absolute Gasteiger partial charge is 0.492 e. The first kappa shape index (κ1) is 58.0. The van der Waals surface area contributed by atoms with Crippen LogP contribution in [0.2, 0.25) is 5.02 Å². The summed E-state index contributed by atoms with van der Waals surface area (Å²) < 4.78 is 108. The quantitative estimate of drug-likeness (QED) is 0.0273. The Morgan fingerprint density at radius 1 is 0.797 bits per heavy atom. The fourth-order valence-corrected chi connectivity index (χ4v) is 13.0. The third-order valence-electron chi connectivity index (χ3n) is 11.8. The number of fused-ring (bicyclic) bond motifs is 3. The number of nitrogens with zero attached hydrogens (tertiary/aromatic N) is 10. The van der Waals surface area contributed by atoms with Crippen LogP contribution in [0.1, 0.15) is 18.5 Å². The number of methoxy groups -OCH3 is 1. The Hall–Kier alpha value is -5.72. The van der Waals surface area contributed by atoms with Gasteiger partial charge in [0.2, 0.25) is 11.9 Å². The highest BCUT2D eigenvalue weighted by Crippen LogP contribution is 2.68. The molecule has 11 atom stereocenters. The number of benzene rings is 1. The zero-order valence-electron chi connectivity index (χ0n) is 40.2. The Balaban J connectivity index is 0.837. The molecule has 9 rings (SSSR count). The topological polar surface area (TPSA) is 531 Å². The number of H-pyrrole nitrogens is 2. The summed E-state index contributed by atoms with van der Waals surface area (Å²) in [6, 6.07) is 6.48. The van der Waals surface area contributed by atoms with E-state index in [-0.39, 0.29) is 83.0 Å². The summed E-state index contributed by atoms with van der Waals surface area (Å²) in [5.41, 5.74) is 13.1. The van der Waals surface area contributed by atoms with Crippen molar-refractivity contribution in [3.63, 3.8) is 0 Å². The van der Waals surface area contributed by atoms with Gasteiger partial charge in [-0.15, -0.1) is 0 Å². The molecule has 0 amide bonds. The minimum absolute atomic E-state index is 0.0252. The number of hydrogen-bond donors (Lipinski definition) is 11. The first-order chi connectivity index (χ1) is 37.3. The third-order valence-corrected chi connectivity index (χ3v) is 17.3. The Morgan fingerprint density at radius 3 is 2.20 bits per heavy atom. The zero-order valence-corrected chi connectivity index (χ0v) is 44.6. The van der Waals surface area contributed by atoms with Crippen LogP contribution in [-0.4, -0.2) is 159 Å². The molecule has 14 N–H and O–H groups in total. The highest BCUT2D eigenvalue weighted by atomic mass is 35.5. The van der Waals surface area contributed by atoms with Gasteiger partial charge in [0, 0.05) is 18.6 Å². The van der Waals surface area contributed by atoms with E-state index >= 15 is 0 Å². The van der Waals surface area contributed by atoms with Crippen molar-refractivity contribution in [1.82, 2.24) is 58.6 Å². The fourth-order valence-electron chi connectivity index (χ4n) is 8.34. The molecule has 42 heteroatoms. The minimum atomic E-state index is -6.09. The molecule has 79 heavy (non-hydrogen) atoms. The van der Waals surface area contributed by atoms with E-state index in [4.69, 9.17) is 65.8 Å². The monoisotopic (exact) mass is 1210 g/mol. The predicted molar refractivity (Wildman–Crippen MR) is 265 cm³/mol. The zero-order chi connectivity index (χ0) is 56.8. The van der Waals surface area contributed by atoms with Crippen molar-refractivity contribution in [2.45, 2.75) is 61.9 Å². The molecule has 2 saturated heterocycles. The van der Waals surface area contributed by atoms with E-state index in [1.165, 1.54) is 9.13 Å². The number of aromatic nitrogens is 12. The van der Waals surface area contributed by atoms with E-state index in [2.05, 4.69) is 53.5 Å². The van der Waals surface area contributed by atoms with Gasteiger partial charge in [0.1, 0.15) is 60.5 Å². The number of phosphoric acid groups is 4. The second kappa shape index (κ2) is 22.7. The van der Waals surface area contributed by atoms with Crippen LogP contribution < -0.4 is 33.1 Å². The van der Waals surface area contributed by atoms with Crippen molar-refractivity contribution in [3.8, 4) is 5.75 Å². The van der Waals surface area contributed by atoms with Crippen LogP contribution in [-0.2, 0) is 77.9 Å². The summed E-state index contributed by atoms with van der Waals surface area (Å²) in [7, 11) is -21.9. The summed E-state index contributed by atoms with van der Waals surface area (Å²) in [5.74, 6) is 0.0505. The van der Waals surface area contributed by atoms with Crippen LogP contribution in [0.4, 0.5) is 17.7 Å². The highest BCUT2D eigenvalue weighted by Gasteiger charge is 2.54. The number of halogens is 1. The molecule has 6 aromatic heterocycles. The molecule has 0 spiro atoms. The van der Waals surface area contributed by atoms with Gasteiger partial charge >= 0.3 is 31.3 Å². The number of aliphatic hydroxyl groups excluding tert-OH is 1. The molecule has 2 aliphatic heterocycles. The lowest BCUT2D eigenvalue weighted by Crippen LogP contribution is -2.47. The molecule has 0 aliphatic carbocycles. The van der Waals surface area contributed by atoms with Crippen LogP contribution in [0, 0.1) is 0 Å². The molecular formula is C37H46ClN15O22P4. The van der Waals surface area contributed by atoms with Gasteiger partial charge in [-0.25, -0.2) is 43.2 Å². The van der Waals surface area contributed by atoms with E-state index in [9.17, 15) is 57.6 Å². The molecule has 0 radical (unpaired) electrons. The Labute approximate surface area is 444 Å². The molecule has 1 aromatic carbocycles. The van der Waals surface area contributed by atoms with E-state index < -0.39 is 111 Å². The standard InChI is InChI=1S/C37H46ClN15O22P4/c1-66-26-25(73-76(58,59)70-12-20-27(54)37(57,13-68-20)53-16-45-23-31(53)48-36(41)49-32(23)55)19(72-34(26)52-15-44-22-28(39)42-14-43-30(22)52)11-71-78(62,63)75-79(64,65)74-77(60,61)69-9-2-3-21-46-29-24(33(56)50-35(40)47-29)51(21)8-10-67-18-6-4-17(38)5-7-18/h4-7,14-16,19-20,25-27,34,54,57H,2-3,8-13H2,1H3,(H,58,59)(H,60,61)(H,62,63)(H,64,65)(H2,39,42,43)(H3,40,47,50,56)(H3,41,48,49,55). The number of phosphoric ester groups is 3. The van der Waals surface area contributed by atoms with Crippen LogP contribution >= 0.6 is 42.9 Å². The number of ether oxygens (including phenoxy) is 4. The van der Waals surface area contributed by atoms with Crippen molar-refractivity contribution in [2.24, 2.45) is 0 Å². The molecule has 11 unspecified atom stereocenters. The Morgan fingerprint density at radius 2 is 1.47 bits per heavy atom. The normalized spacial score (nSPS) is 24.7. The second-order valence-corrected chi connectivity index (χ2v) is 23.5. The molecule has 8 heterocycles. The summed E-state index contributed by atoms with van der Waals surface area (Å²) in [6.07, 6.45) is -7.20. The number of nitrogens with one attached hydrogen (secondary N) is 2. The number of rotatable bonds is 24. The van der Waals surface area contributed by atoms with Crippen molar-refractivity contribution >= 4 is 94.1 Å². The number of imidazole rings is 3. The summed E-state index contributed by atoms with van der Waals surface area (Å²) >= 11 is 5.94. The first-order valence-electron chi connectivity index (χ1n) is 22.6. The summed E-state index contributed by atoms with van der Waals surface area (Å²) in [5, 5.41) is 23.1. The van der Waals surface area contributed by atoms with E-state index in [1.54, 1.807) is 24.3 Å². The Kier molecular flexibility index (Phi) is 16.6. The van der Waals surface area contributed by atoms with Gasteiger partial charge in [-0.05, 0) is 30.7 Å². The number of aryl methyl sites for hydroxylation is 1. The van der Waals surface area contributed by atoms with Crippen molar-refractivity contribution < 1.29 is 93.7 Å². The van der Waals surface area contributed by atoms with Gasteiger partial charge < -0.3 is 70.5 Å². The maximum Gasteiger partial charge on any atom is 0.490 e. The van der Waals surface area contributed by atoms with Gasteiger partial charge in [-0.1, -0.05) is 11.6 Å². The first-order valence-corrected chi connectivity index (χ1v) is 29.0. The number of hydrogen-bond acceptors (Lipinski definition) is 28. The van der Waals surface area contributed by atoms with Crippen LogP contribution in [0.3, 0.4) is 0 Å². The van der Waals surface area contributed by atoms with Crippen molar-refractivity contribution in [3.05, 3.63) is 74.8 Å². The summed E-state index contributed by atoms with van der Waals surface area (Å²) in [4.78, 5) is 101. The smallest absolute Gasteiger partial charge is 0.490 e. The van der Waals surface area contributed by atoms with Gasteiger partial charge in [0.05, 0.1) is 45.6 Å². The average molecular weight is 1210 g/mol. The van der Waals surface area contributed by atoms with Crippen LogP contribution in [0.5, 0.6) is 5.75 Å². The summed E-state index contributed by atoms with van der Waals surface area (Å²) in [6.45, 7) is -3.48. The average Bonchev–Trinajstić information content (AvgIpc) is 4.30. The van der Waals surface area contributed by atoms with Gasteiger partial charge in [-0.3, -0.25) is 46.8 Å². The SMILES string of the molecule is COC1C(OP(=O)(O)OCC2OCC(O)(n3cnc4c(=O)[nH]c(N)nc43)C2O)C(COP(=O)(O)OP(=O)(O)OP(=O)(O)OCCCc2nc3nc(N)[nH]c(=O)c3n2CCOc2ccc(Cl)cc2)OC1n1cnc2c(N)ncnc21. The molecule has 2 aliphatic rings. The molecular weight excluding hydrogens is 1170 g/mol. The lowest BCUT2D eigenvalue weighted by Gasteiger charge is -2.28. The molecule has 2 fully saturated rings. The van der Waals surface area contributed by atoms with Crippen LogP contribution in [0.25, 0.3) is 33.5 Å². The predicted octanol–water partition coefficient (Wildman–Crippen LogP) is -0.309. The van der Waals surface area contributed by atoms with E-state index in [0.29, 0.717) is 10.8 Å². The van der Waals surface area contributed by atoms with Gasteiger partial charge in [-0.2, -0.15) is 18.6 Å². The molecule has 37 nitrogen and oxygen atoms in total. The number of aliphatic hydroxyl groups is 2. The molecule has 0 bridgehead atoms. The number of anilines is 3. The second-order valence-electron chi connectivity index (χ2n) is 17.0. The third kappa shape index (κ3) is 12.8. The lowest BCUT2D eigenvalue weighted by molar-refractivity contribution is -0.110. The van der Waals surface area contributed by atoms with Crippen molar-refractivity contribution in [2.75, 3.05) is 57.3 Å². The molecule has 7 aromatic rings. The van der Waals surface area contributed by atoms with E-state index in [0.717, 1.165) is 30.7 Å². The van der Waals surface area contributed by atoms with Crippen LogP contribution in [0.15, 0.2) is 52.8 Å². The van der Waals surface area contributed by atoms with Gasteiger partial charge in [0.15, 0.2) is 45.7 Å². The van der Waals surface area contributed by atoms with E-state index in [1.807, 2.05) is 0 Å². The van der Waals surface area contributed by atoms with Crippen molar-refractivity contribution in [1.29, 1.82) is 0 Å². The molecule has 428 valence electrons. The number of aromatic amines is 2. The number of nitrogen functional groups attached to an aromatic ring is 3.